The Morgan fingerprint density at radius 1 is 1.17 bits per heavy atom. The van der Waals surface area contributed by atoms with Gasteiger partial charge in [-0.1, -0.05) is 24.3 Å². The summed E-state index contributed by atoms with van der Waals surface area (Å²) in [4.78, 5) is 13.0. The summed E-state index contributed by atoms with van der Waals surface area (Å²) < 4.78 is 0. The van der Waals surface area contributed by atoms with Gasteiger partial charge in [-0.25, -0.2) is 9.97 Å². The number of thiophene rings is 1. The predicted octanol–water partition coefficient (Wildman–Crippen LogP) is 4.38. The maximum atomic E-state index is 4.80. The Morgan fingerprint density at radius 3 is 2.92 bits per heavy atom. The molecule has 4 rings (SSSR count). The number of aromatic nitrogens is 2. The van der Waals surface area contributed by atoms with Gasteiger partial charge >= 0.3 is 0 Å². The molecule has 3 aromatic rings. The number of hydrogen-bond acceptors (Lipinski definition) is 4. The molecule has 3 nitrogen and oxygen atoms in total. The highest BCUT2D eigenvalue weighted by atomic mass is 32.1. The molecule has 0 atom stereocenters. The average molecular weight is 335 g/mol. The Balaban J connectivity index is 1.53. The van der Waals surface area contributed by atoms with Gasteiger partial charge in [-0.3, -0.25) is 4.90 Å². The van der Waals surface area contributed by atoms with Crippen molar-refractivity contribution in [3.63, 3.8) is 0 Å². The highest BCUT2D eigenvalue weighted by molar-refractivity contribution is 7.13. The van der Waals surface area contributed by atoms with Crippen molar-refractivity contribution in [2.75, 3.05) is 6.54 Å². The second-order valence-electron chi connectivity index (χ2n) is 6.46. The van der Waals surface area contributed by atoms with Gasteiger partial charge in [-0.2, -0.15) is 0 Å². The van der Waals surface area contributed by atoms with Crippen LogP contribution in [-0.2, 0) is 19.5 Å². The van der Waals surface area contributed by atoms with Gasteiger partial charge in [0, 0.05) is 37.8 Å². The summed E-state index contributed by atoms with van der Waals surface area (Å²) in [6, 6.07) is 10.7. The number of benzene rings is 1. The molecule has 1 aliphatic heterocycles. The van der Waals surface area contributed by atoms with E-state index in [0.717, 1.165) is 36.8 Å². The van der Waals surface area contributed by atoms with Gasteiger partial charge in [0.25, 0.3) is 0 Å². The van der Waals surface area contributed by atoms with Crippen LogP contribution in [0, 0.1) is 13.8 Å². The summed E-state index contributed by atoms with van der Waals surface area (Å²) in [5.41, 5.74) is 6.69. The fourth-order valence-corrected chi connectivity index (χ4v) is 3.92. The number of fused-ring (bicyclic) bond motifs is 1. The molecule has 1 aromatic carbocycles. The molecule has 0 fully saturated rings. The summed E-state index contributed by atoms with van der Waals surface area (Å²) in [5.74, 6) is 0.867. The minimum absolute atomic E-state index is 0.867. The van der Waals surface area contributed by atoms with Crippen LogP contribution < -0.4 is 0 Å². The third-order valence-corrected chi connectivity index (χ3v) is 5.73. The van der Waals surface area contributed by atoms with E-state index in [4.69, 9.17) is 4.98 Å². The van der Waals surface area contributed by atoms with Gasteiger partial charge in [-0.15, -0.1) is 11.3 Å². The SMILES string of the molecule is Cc1cccc(CN2CCc3nc(-c4cccs4)ncc3C2)c1C. The average Bonchev–Trinajstić information content (AvgIpc) is 3.13. The molecule has 0 unspecified atom stereocenters. The summed E-state index contributed by atoms with van der Waals surface area (Å²) in [7, 11) is 0. The predicted molar refractivity (Wildman–Crippen MR) is 99.1 cm³/mol. The zero-order valence-corrected chi connectivity index (χ0v) is 14.9. The van der Waals surface area contributed by atoms with E-state index in [1.807, 2.05) is 6.20 Å². The minimum atomic E-state index is 0.867. The first-order valence-corrected chi connectivity index (χ1v) is 9.25. The molecule has 2 aromatic heterocycles. The van der Waals surface area contributed by atoms with Crippen molar-refractivity contribution in [1.82, 2.24) is 14.9 Å². The van der Waals surface area contributed by atoms with Gasteiger partial charge in [-0.05, 0) is 42.0 Å². The van der Waals surface area contributed by atoms with Gasteiger partial charge in [0.1, 0.15) is 0 Å². The van der Waals surface area contributed by atoms with E-state index >= 15 is 0 Å². The van der Waals surface area contributed by atoms with Crippen LogP contribution in [0.25, 0.3) is 10.7 Å². The first kappa shape index (κ1) is 15.5. The molecular formula is C20H21N3S. The second kappa shape index (κ2) is 6.46. The zero-order chi connectivity index (χ0) is 16.5. The Kier molecular flexibility index (Phi) is 4.17. The molecule has 0 saturated carbocycles. The van der Waals surface area contributed by atoms with E-state index in [1.54, 1.807) is 11.3 Å². The van der Waals surface area contributed by atoms with Gasteiger partial charge < -0.3 is 0 Å². The molecule has 0 radical (unpaired) electrons. The van der Waals surface area contributed by atoms with Crippen LogP contribution in [0.5, 0.6) is 0 Å². The molecule has 122 valence electrons. The van der Waals surface area contributed by atoms with E-state index in [1.165, 1.54) is 27.9 Å². The maximum Gasteiger partial charge on any atom is 0.169 e. The van der Waals surface area contributed by atoms with Crippen LogP contribution in [0.2, 0.25) is 0 Å². The number of rotatable bonds is 3. The third-order valence-electron chi connectivity index (χ3n) is 4.87. The maximum absolute atomic E-state index is 4.80. The van der Waals surface area contributed by atoms with Crippen molar-refractivity contribution < 1.29 is 0 Å². The van der Waals surface area contributed by atoms with Crippen LogP contribution in [0.3, 0.4) is 0 Å². The smallest absolute Gasteiger partial charge is 0.169 e. The molecule has 0 saturated heterocycles. The lowest BCUT2D eigenvalue weighted by molar-refractivity contribution is 0.242. The van der Waals surface area contributed by atoms with E-state index in [9.17, 15) is 0 Å². The molecule has 0 bridgehead atoms. The van der Waals surface area contributed by atoms with E-state index in [2.05, 4.69) is 59.4 Å². The van der Waals surface area contributed by atoms with Crippen LogP contribution in [0.4, 0.5) is 0 Å². The Labute approximate surface area is 147 Å². The summed E-state index contributed by atoms with van der Waals surface area (Å²) in [6.07, 6.45) is 3.02. The Bertz CT molecular complexity index is 855. The van der Waals surface area contributed by atoms with Crippen LogP contribution in [0.15, 0.2) is 41.9 Å². The normalized spacial score (nSPS) is 14.6. The lowest BCUT2D eigenvalue weighted by Crippen LogP contribution is -2.31. The van der Waals surface area contributed by atoms with Crippen molar-refractivity contribution in [2.45, 2.75) is 33.4 Å². The lowest BCUT2D eigenvalue weighted by atomic mass is 10.0. The summed E-state index contributed by atoms with van der Waals surface area (Å²) in [6.45, 7) is 7.40. The molecule has 4 heteroatoms. The number of nitrogens with zero attached hydrogens (tertiary/aromatic N) is 3. The lowest BCUT2D eigenvalue weighted by Gasteiger charge is -2.28. The highest BCUT2D eigenvalue weighted by Gasteiger charge is 2.19. The molecule has 1 aliphatic rings. The largest absolute Gasteiger partial charge is 0.294 e. The molecule has 24 heavy (non-hydrogen) atoms. The van der Waals surface area contributed by atoms with Crippen molar-refractivity contribution in [3.05, 3.63) is 69.9 Å². The molecular weight excluding hydrogens is 314 g/mol. The van der Waals surface area contributed by atoms with Crippen molar-refractivity contribution >= 4 is 11.3 Å². The van der Waals surface area contributed by atoms with Gasteiger partial charge in [0.2, 0.25) is 0 Å². The van der Waals surface area contributed by atoms with Crippen molar-refractivity contribution in [1.29, 1.82) is 0 Å². The number of aryl methyl sites for hydroxylation is 1. The second-order valence-corrected chi connectivity index (χ2v) is 7.41. The van der Waals surface area contributed by atoms with Gasteiger partial charge in [0.05, 0.1) is 10.6 Å². The molecule has 0 spiro atoms. The molecule has 3 heterocycles. The Morgan fingerprint density at radius 2 is 2.08 bits per heavy atom. The standard InChI is InChI=1S/C20H21N3S/c1-14-5-3-6-16(15(14)2)12-23-9-8-18-17(13-23)11-21-20(22-18)19-7-4-10-24-19/h3-7,10-11H,8-9,12-13H2,1-2H3. The van der Waals surface area contributed by atoms with Crippen molar-refractivity contribution in [3.8, 4) is 10.7 Å². The van der Waals surface area contributed by atoms with Crippen molar-refractivity contribution in [2.24, 2.45) is 0 Å². The fourth-order valence-electron chi connectivity index (χ4n) is 3.26. The van der Waals surface area contributed by atoms with Crippen LogP contribution in [-0.4, -0.2) is 21.4 Å². The Hall–Kier alpha value is -2.04. The van der Waals surface area contributed by atoms with Gasteiger partial charge in [0.15, 0.2) is 5.82 Å². The third kappa shape index (κ3) is 2.99. The summed E-state index contributed by atoms with van der Waals surface area (Å²) in [5, 5.41) is 2.07. The molecule has 0 aliphatic carbocycles. The van der Waals surface area contributed by atoms with E-state index < -0.39 is 0 Å². The minimum Gasteiger partial charge on any atom is -0.294 e. The fraction of sp³-hybridized carbons (Fsp3) is 0.300. The van der Waals surface area contributed by atoms with Crippen LogP contribution in [0.1, 0.15) is 27.9 Å². The first-order chi connectivity index (χ1) is 11.7. The van der Waals surface area contributed by atoms with E-state index in [0.29, 0.717) is 0 Å². The molecule has 0 amide bonds. The summed E-state index contributed by atoms with van der Waals surface area (Å²) >= 11 is 1.70. The van der Waals surface area contributed by atoms with E-state index in [-0.39, 0.29) is 0 Å². The quantitative estimate of drug-likeness (QED) is 0.711. The number of hydrogen-bond donors (Lipinski definition) is 0. The topological polar surface area (TPSA) is 29.0 Å². The monoisotopic (exact) mass is 335 g/mol. The van der Waals surface area contributed by atoms with Crippen LogP contribution >= 0.6 is 11.3 Å². The molecule has 0 N–H and O–H groups in total. The first-order valence-electron chi connectivity index (χ1n) is 8.37. The highest BCUT2D eigenvalue weighted by Crippen LogP contribution is 2.25. The zero-order valence-electron chi connectivity index (χ0n) is 14.1.